The lowest BCUT2D eigenvalue weighted by Crippen LogP contribution is -2.56. The normalized spacial score (nSPS) is 43.1. The monoisotopic (exact) mass is 253 g/mol. The standard InChI is InChI=1S/C14H23NO3/c1-2-17-14(16)12-8-15-13-10-7-9(10)5-3-4-6-11(13)18-12/h9-13,15H,2-8H2,1H3. The average molecular weight is 253 g/mol. The van der Waals surface area contributed by atoms with Crippen LogP contribution in [0.25, 0.3) is 0 Å². The highest BCUT2D eigenvalue weighted by Gasteiger charge is 2.49. The van der Waals surface area contributed by atoms with Crippen LogP contribution in [0.4, 0.5) is 0 Å². The van der Waals surface area contributed by atoms with Gasteiger partial charge in [0.25, 0.3) is 0 Å². The fourth-order valence-corrected chi connectivity index (χ4v) is 3.56. The Bertz CT molecular complexity index is 320. The van der Waals surface area contributed by atoms with Gasteiger partial charge in [0.15, 0.2) is 6.10 Å². The highest BCUT2D eigenvalue weighted by atomic mass is 16.6. The summed E-state index contributed by atoms with van der Waals surface area (Å²) in [7, 11) is 0. The molecule has 0 spiro atoms. The summed E-state index contributed by atoms with van der Waals surface area (Å²) in [6.07, 6.45) is 6.17. The Hall–Kier alpha value is -0.610. The number of carbonyl (C=O) groups excluding carboxylic acids is 1. The highest BCUT2D eigenvalue weighted by Crippen LogP contribution is 2.48. The second-order valence-electron chi connectivity index (χ2n) is 5.79. The van der Waals surface area contributed by atoms with Crippen molar-refractivity contribution >= 4 is 5.97 Å². The predicted octanol–water partition coefficient (Wildman–Crippen LogP) is 1.49. The molecule has 0 aromatic carbocycles. The molecule has 4 nitrogen and oxygen atoms in total. The molecular weight excluding hydrogens is 230 g/mol. The van der Waals surface area contributed by atoms with Crippen molar-refractivity contribution in [2.45, 2.75) is 57.3 Å². The Balaban J connectivity index is 1.62. The van der Waals surface area contributed by atoms with Gasteiger partial charge in [-0.25, -0.2) is 4.79 Å². The number of carbonyl (C=O) groups is 1. The van der Waals surface area contributed by atoms with Crippen molar-refractivity contribution in [2.75, 3.05) is 13.2 Å². The predicted molar refractivity (Wildman–Crippen MR) is 67.1 cm³/mol. The Labute approximate surface area is 108 Å². The van der Waals surface area contributed by atoms with Gasteiger partial charge in [0.2, 0.25) is 0 Å². The molecule has 0 bridgehead atoms. The third-order valence-electron chi connectivity index (χ3n) is 4.58. The zero-order valence-electron chi connectivity index (χ0n) is 11.1. The topological polar surface area (TPSA) is 47.6 Å². The van der Waals surface area contributed by atoms with Gasteiger partial charge in [0.05, 0.1) is 12.7 Å². The zero-order chi connectivity index (χ0) is 12.5. The first-order valence-corrected chi connectivity index (χ1v) is 7.35. The average Bonchev–Trinajstić information content (AvgIpc) is 3.10. The van der Waals surface area contributed by atoms with Crippen molar-refractivity contribution in [3.05, 3.63) is 0 Å². The Morgan fingerprint density at radius 1 is 1.39 bits per heavy atom. The van der Waals surface area contributed by atoms with E-state index in [-0.39, 0.29) is 12.1 Å². The van der Waals surface area contributed by atoms with Gasteiger partial charge in [-0.2, -0.15) is 0 Å². The highest BCUT2D eigenvalue weighted by molar-refractivity contribution is 5.75. The maximum absolute atomic E-state index is 11.7. The maximum Gasteiger partial charge on any atom is 0.336 e. The van der Waals surface area contributed by atoms with Crippen molar-refractivity contribution in [1.82, 2.24) is 5.32 Å². The summed E-state index contributed by atoms with van der Waals surface area (Å²) in [5.41, 5.74) is 0. The zero-order valence-corrected chi connectivity index (χ0v) is 11.1. The molecule has 1 saturated heterocycles. The van der Waals surface area contributed by atoms with Crippen LogP contribution in [0.2, 0.25) is 0 Å². The summed E-state index contributed by atoms with van der Waals surface area (Å²) in [4.78, 5) is 11.7. The molecule has 18 heavy (non-hydrogen) atoms. The number of hydrogen-bond acceptors (Lipinski definition) is 4. The van der Waals surface area contributed by atoms with Crippen LogP contribution in [0.1, 0.15) is 39.0 Å². The Morgan fingerprint density at radius 3 is 3.06 bits per heavy atom. The summed E-state index contributed by atoms with van der Waals surface area (Å²) in [5, 5.41) is 3.54. The largest absolute Gasteiger partial charge is 0.464 e. The number of nitrogens with one attached hydrogen (secondary N) is 1. The molecule has 0 aromatic rings. The van der Waals surface area contributed by atoms with Crippen LogP contribution < -0.4 is 5.32 Å². The van der Waals surface area contributed by atoms with Gasteiger partial charge in [-0.05, 0) is 31.6 Å². The lowest BCUT2D eigenvalue weighted by atomic mass is 9.92. The first kappa shape index (κ1) is 12.4. The lowest BCUT2D eigenvalue weighted by molar-refractivity contribution is -0.167. The van der Waals surface area contributed by atoms with E-state index in [1.807, 2.05) is 6.92 Å². The summed E-state index contributed by atoms with van der Waals surface area (Å²) >= 11 is 0. The molecule has 0 amide bonds. The van der Waals surface area contributed by atoms with Crippen LogP contribution in [0, 0.1) is 11.8 Å². The minimum atomic E-state index is -0.400. The molecule has 2 aliphatic carbocycles. The Kier molecular flexibility index (Phi) is 3.57. The van der Waals surface area contributed by atoms with E-state index in [1.165, 1.54) is 25.7 Å². The van der Waals surface area contributed by atoms with Crippen LogP contribution in [-0.4, -0.2) is 37.4 Å². The smallest absolute Gasteiger partial charge is 0.336 e. The summed E-state index contributed by atoms with van der Waals surface area (Å²) < 4.78 is 11.1. The third-order valence-corrected chi connectivity index (χ3v) is 4.58. The molecule has 2 saturated carbocycles. The lowest BCUT2D eigenvalue weighted by Gasteiger charge is -2.38. The number of morpholine rings is 1. The van der Waals surface area contributed by atoms with E-state index in [1.54, 1.807) is 0 Å². The van der Waals surface area contributed by atoms with Crippen molar-refractivity contribution in [3.63, 3.8) is 0 Å². The van der Waals surface area contributed by atoms with E-state index in [9.17, 15) is 4.79 Å². The molecule has 102 valence electrons. The summed E-state index contributed by atoms with van der Waals surface area (Å²) in [6, 6.07) is 0.473. The first-order valence-electron chi connectivity index (χ1n) is 7.35. The Morgan fingerprint density at radius 2 is 2.22 bits per heavy atom. The van der Waals surface area contributed by atoms with Gasteiger partial charge in [-0.1, -0.05) is 19.3 Å². The molecule has 3 fully saturated rings. The van der Waals surface area contributed by atoms with Crippen LogP contribution in [0.3, 0.4) is 0 Å². The van der Waals surface area contributed by atoms with E-state index in [2.05, 4.69) is 5.32 Å². The van der Waals surface area contributed by atoms with Gasteiger partial charge in [0.1, 0.15) is 0 Å². The molecule has 4 heteroatoms. The molecule has 3 aliphatic rings. The molecule has 1 heterocycles. The molecule has 5 atom stereocenters. The van der Waals surface area contributed by atoms with E-state index in [0.717, 1.165) is 18.3 Å². The van der Waals surface area contributed by atoms with Gasteiger partial charge in [-0.15, -0.1) is 0 Å². The molecule has 3 rings (SSSR count). The first-order chi connectivity index (χ1) is 8.79. The SMILES string of the molecule is CCOC(=O)C1CNC2C(CCCCC3CC32)O1. The quantitative estimate of drug-likeness (QED) is 0.757. The molecule has 0 aromatic heterocycles. The number of hydrogen-bond donors (Lipinski definition) is 1. The number of rotatable bonds is 2. The number of ether oxygens (including phenoxy) is 2. The summed E-state index contributed by atoms with van der Waals surface area (Å²) in [6.45, 7) is 2.88. The number of fused-ring (bicyclic) bond motifs is 3. The second-order valence-corrected chi connectivity index (χ2v) is 5.79. The molecule has 0 radical (unpaired) electrons. The van der Waals surface area contributed by atoms with Crippen molar-refractivity contribution < 1.29 is 14.3 Å². The van der Waals surface area contributed by atoms with Gasteiger partial charge in [-0.3, -0.25) is 0 Å². The van der Waals surface area contributed by atoms with E-state index in [0.29, 0.717) is 19.2 Å². The van der Waals surface area contributed by atoms with Gasteiger partial charge >= 0.3 is 5.97 Å². The van der Waals surface area contributed by atoms with Gasteiger partial charge in [0, 0.05) is 12.6 Å². The third kappa shape index (κ3) is 2.41. The van der Waals surface area contributed by atoms with Crippen molar-refractivity contribution in [3.8, 4) is 0 Å². The van der Waals surface area contributed by atoms with Crippen molar-refractivity contribution in [2.24, 2.45) is 11.8 Å². The molecule has 1 N–H and O–H groups in total. The van der Waals surface area contributed by atoms with Crippen LogP contribution in [-0.2, 0) is 14.3 Å². The second kappa shape index (κ2) is 5.17. The molecule has 1 aliphatic heterocycles. The maximum atomic E-state index is 11.7. The van der Waals surface area contributed by atoms with Crippen LogP contribution in [0.5, 0.6) is 0 Å². The van der Waals surface area contributed by atoms with Crippen molar-refractivity contribution in [1.29, 1.82) is 0 Å². The van der Waals surface area contributed by atoms with Crippen LogP contribution in [0.15, 0.2) is 0 Å². The molecular formula is C14H23NO3. The minimum absolute atomic E-state index is 0.210. The number of esters is 1. The molecule has 5 unspecified atom stereocenters. The van der Waals surface area contributed by atoms with Gasteiger partial charge < -0.3 is 14.8 Å². The summed E-state index contributed by atoms with van der Waals surface area (Å²) in [5.74, 6) is 1.49. The minimum Gasteiger partial charge on any atom is -0.464 e. The van der Waals surface area contributed by atoms with E-state index in [4.69, 9.17) is 9.47 Å². The van der Waals surface area contributed by atoms with E-state index >= 15 is 0 Å². The fraction of sp³-hybridized carbons (Fsp3) is 0.929. The van der Waals surface area contributed by atoms with E-state index < -0.39 is 6.10 Å². The van der Waals surface area contributed by atoms with Crippen LogP contribution >= 0.6 is 0 Å². The fourth-order valence-electron chi connectivity index (χ4n) is 3.56.